The van der Waals surface area contributed by atoms with Crippen LogP contribution in [0.1, 0.15) is 54.6 Å². The molecule has 0 spiro atoms. The highest BCUT2D eigenvalue weighted by molar-refractivity contribution is 5.94. The molecule has 0 aliphatic carbocycles. The third kappa shape index (κ3) is 8.94. The molecule has 1 atom stereocenters. The lowest BCUT2D eigenvalue weighted by molar-refractivity contribution is -0.138. The van der Waals surface area contributed by atoms with Crippen LogP contribution < -0.4 is 10.6 Å². The lowest BCUT2D eigenvalue weighted by Gasteiger charge is -2.21. The molecule has 0 saturated heterocycles. The highest BCUT2D eigenvalue weighted by Gasteiger charge is 2.30. The van der Waals surface area contributed by atoms with E-state index in [1.807, 2.05) is 36.4 Å². The third-order valence-electron chi connectivity index (χ3n) is 6.22. The Balaban J connectivity index is 1.65. The molecule has 0 aromatic heterocycles. The van der Waals surface area contributed by atoms with Gasteiger partial charge in [-0.2, -0.15) is 13.2 Å². The summed E-state index contributed by atoms with van der Waals surface area (Å²) in [4.78, 5) is 22.8. The Labute approximate surface area is 221 Å². The number of carboxylic acid groups (broad SMARTS) is 1. The minimum Gasteiger partial charge on any atom is -0.481 e. The van der Waals surface area contributed by atoms with Crippen molar-refractivity contribution in [2.45, 2.75) is 51.7 Å². The maximum atomic E-state index is 12.8. The van der Waals surface area contributed by atoms with Crippen LogP contribution in [0, 0.1) is 5.92 Å². The van der Waals surface area contributed by atoms with E-state index in [1.54, 1.807) is 12.1 Å². The zero-order valence-electron chi connectivity index (χ0n) is 21.5. The van der Waals surface area contributed by atoms with Gasteiger partial charge in [0.15, 0.2) is 0 Å². The van der Waals surface area contributed by atoms with Gasteiger partial charge in [0.1, 0.15) is 0 Å². The van der Waals surface area contributed by atoms with E-state index in [-0.39, 0.29) is 24.9 Å². The molecule has 3 aromatic carbocycles. The molecule has 3 N–H and O–H groups in total. The van der Waals surface area contributed by atoms with E-state index in [0.29, 0.717) is 11.5 Å². The Morgan fingerprint density at radius 2 is 1.42 bits per heavy atom. The van der Waals surface area contributed by atoms with Crippen molar-refractivity contribution in [3.63, 3.8) is 0 Å². The number of halogens is 3. The molecule has 0 heterocycles. The van der Waals surface area contributed by atoms with Crippen LogP contribution in [0.3, 0.4) is 0 Å². The molecule has 8 heteroatoms. The quantitative estimate of drug-likeness (QED) is 0.237. The van der Waals surface area contributed by atoms with E-state index in [4.69, 9.17) is 5.11 Å². The molecule has 0 aliphatic heterocycles. The molecular formula is C30H33F3N2O3. The van der Waals surface area contributed by atoms with Crippen LogP contribution >= 0.6 is 0 Å². The molecular weight excluding hydrogens is 493 g/mol. The number of anilines is 1. The molecule has 0 aliphatic rings. The molecule has 38 heavy (non-hydrogen) atoms. The number of carbonyl (C=O) groups excluding carboxylic acids is 1. The van der Waals surface area contributed by atoms with Gasteiger partial charge in [-0.25, -0.2) is 0 Å². The summed E-state index contributed by atoms with van der Waals surface area (Å²) in [6.07, 6.45) is -1.75. The predicted octanol–water partition coefficient (Wildman–Crippen LogP) is 7.04. The number of aliphatic carboxylic acids is 1. The summed E-state index contributed by atoms with van der Waals surface area (Å²) in [6, 6.07) is 20.2. The first-order chi connectivity index (χ1) is 18.0. The first kappa shape index (κ1) is 28.8. The number of hydrogen-bond acceptors (Lipinski definition) is 3. The first-order valence-corrected chi connectivity index (χ1v) is 12.6. The molecule has 3 aromatic rings. The van der Waals surface area contributed by atoms with Crippen LogP contribution in [0.2, 0.25) is 0 Å². The normalized spacial score (nSPS) is 12.3. The third-order valence-corrected chi connectivity index (χ3v) is 6.22. The van der Waals surface area contributed by atoms with Crippen molar-refractivity contribution in [3.05, 3.63) is 89.5 Å². The molecule has 0 fully saturated rings. The predicted molar refractivity (Wildman–Crippen MR) is 143 cm³/mol. The van der Waals surface area contributed by atoms with Crippen molar-refractivity contribution in [2.24, 2.45) is 5.92 Å². The number of amides is 1. The van der Waals surface area contributed by atoms with Gasteiger partial charge >= 0.3 is 12.1 Å². The van der Waals surface area contributed by atoms with Gasteiger partial charge in [-0.1, -0.05) is 50.2 Å². The summed E-state index contributed by atoms with van der Waals surface area (Å²) < 4.78 is 38.5. The second kappa shape index (κ2) is 13.1. The average Bonchev–Trinajstić information content (AvgIpc) is 2.87. The number of carboxylic acids is 1. The van der Waals surface area contributed by atoms with Crippen LogP contribution in [-0.4, -0.2) is 29.6 Å². The summed E-state index contributed by atoms with van der Waals surface area (Å²) >= 11 is 0. The molecule has 3 rings (SSSR count). The second-order valence-electron chi connectivity index (χ2n) is 9.77. The Kier molecular flexibility index (Phi) is 9.93. The Morgan fingerprint density at radius 3 is 1.95 bits per heavy atom. The van der Waals surface area contributed by atoms with Crippen molar-refractivity contribution in [2.75, 3.05) is 11.9 Å². The van der Waals surface area contributed by atoms with Crippen LogP contribution in [0.5, 0.6) is 0 Å². The smallest absolute Gasteiger partial charge is 0.416 e. The molecule has 5 nitrogen and oxygen atoms in total. The van der Waals surface area contributed by atoms with Crippen molar-refractivity contribution < 1.29 is 27.9 Å². The van der Waals surface area contributed by atoms with Crippen molar-refractivity contribution in [3.8, 4) is 11.1 Å². The van der Waals surface area contributed by atoms with Crippen LogP contribution in [0.15, 0.2) is 72.8 Å². The molecule has 0 saturated carbocycles. The number of carbonyl (C=O) groups is 2. The SMILES string of the molecule is CC(C)CCC(Cc1ccc(-c2ccc(C(F)(F)F)cc2)cc1)Nc1ccc(C(=O)NCCC(=O)O)cc1. The second-order valence-corrected chi connectivity index (χ2v) is 9.77. The number of alkyl halides is 3. The Hall–Kier alpha value is -3.81. The Bertz CT molecular complexity index is 1190. The fraction of sp³-hybridized carbons (Fsp3) is 0.333. The molecule has 1 unspecified atom stereocenters. The summed E-state index contributed by atoms with van der Waals surface area (Å²) in [5.74, 6) is -0.743. The fourth-order valence-corrected chi connectivity index (χ4v) is 4.07. The number of benzene rings is 3. The molecule has 0 radical (unpaired) electrons. The van der Waals surface area contributed by atoms with E-state index >= 15 is 0 Å². The fourth-order valence-electron chi connectivity index (χ4n) is 4.07. The maximum Gasteiger partial charge on any atom is 0.416 e. The van der Waals surface area contributed by atoms with Crippen molar-refractivity contribution in [1.82, 2.24) is 5.32 Å². The van der Waals surface area contributed by atoms with E-state index in [1.165, 1.54) is 12.1 Å². The minimum absolute atomic E-state index is 0.0725. The van der Waals surface area contributed by atoms with E-state index in [0.717, 1.165) is 53.8 Å². The molecule has 202 valence electrons. The standard InChI is InChI=1S/C30H33F3N2O3/c1-20(2)3-14-27(35-26-15-10-24(11-16-26)29(38)34-18-17-28(36)37)19-21-4-6-22(7-5-21)23-8-12-25(13-9-23)30(31,32)33/h4-13,15-16,20,27,35H,3,14,17-19H2,1-2H3,(H,34,38)(H,36,37). The first-order valence-electron chi connectivity index (χ1n) is 12.6. The van der Waals surface area contributed by atoms with Gasteiger partial charge in [0.05, 0.1) is 12.0 Å². The van der Waals surface area contributed by atoms with Gasteiger partial charge in [0.2, 0.25) is 0 Å². The van der Waals surface area contributed by atoms with E-state index < -0.39 is 17.7 Å². The zero-order valence-corrected chi connectivity index (χ0v) is 21.5. The summed E-state index contributed by atoms with van der Waals surface area (Å²) in [5.41, 5.74) is 3.36. The summed E-state index contributed by atoms with van der Waals surface area (Å²) in [7, 11) is 0. The maximum absolute atomic E-state index is 12.8. The molecule has 0 bridgehead atoms. The van der Waals surface area contributed by atoms with Gasteiger partial charge in [0.25, 0.3) is 5.91 Å². The van der Waals surface area contributed by atoms with Crippen molar-refractivity contribution in [1.29, 1.82) is 0 Å². The zero-order chi connectivity index (χ0) is 27.7. The Morgan fingerprint density at radius 1 is 0.842 bits per heavy atom. The van der Waals surface area contributed by atoms with Crippen LogP contribution in [0.25, 0.3) is 11.1 Å². The lowest BCUT2D eigenvalue weighted by atomic mass is 9.96. The minimum atomic E-state index is -4.35. The van der Waals surface area contributed by atoms with Crippen LogP contribution in [-0.2, 0) is 17.4 Å². The van der Waals surface area contributed by atoms with Gasteiger partial charge in [0, 0.05) is 23.8 Å². The summed E-state index contributed by atoms with van der Waals surface area (Å²) in [5, 5.41) is 14.9. The van der Waals surface area contributed by atoms with E-state index in [2.05, 4.69) is 24.5 Å². The van der Waals surface area contributed by atoms with Crippen molar-refractivity contribution >= 4 is 17.6 Å². The monoisotopic (exact) mass is 526 g/mol. The highest BCUT2D eigenvalue weighted by Crippen LogP contribution is 2.31. The van der Waals surface area contributed by atoms with Gasteiger partial charge in [-0.05, 0) is 78.3 Å². The van der Waals surface area contributed by atoms with E-state index in [9.17, 15) is 22.8 Å². The largest absolute Gasteiger partial charge is 0.481 e. The average molecular weight is 527 g/mol. The lowest BCUT2D eigenvalue weighted by Crippen LogP contribution is -2.26. The van der Waals surface area contributed by atoms with Gasteiger partial charge < -0.3 is 15.7 Å². The summed E-state index contributed by atoms with van der Waals surface area (Å²) in [6.45, 7) is 4.42. The number of nitrogens with one attached hydrogen (secondary N) is 2. The number of hydrogen-bond donors (Lipinski definition) is 3. The topological polar surface area (TPSA) is 78.4 Å². The highest BCUT2D eigenvalue weighted by atomic mass is 19.4. The van der Waals surface area contributed by atoms with Crippen LogP contribution in [0.4, 0.5) is 18.9 Å². The van der Waals surface area contributed by atoms with Gasteiger partial charge in [-0.3, -0.25) is 9.59 Å². The number of rotatable bonds is 12. The molecule has 1 amide bonds. The van der Waals surface area contributed by atoms with Gasteiger partial charge in [-0.15, -0.1) is 0 Å².